The number of anilines is 2. The molecule has 1 fully saturated rings. The van der Waals surface area contributed by atoms with Gasteiger partial charge in [0, 0.05) is 22.7 Å². The molecule has 0 spiro atoms. The van der Waals surface area contributed by atoms with Crippen molar-refractivity contribution >= 4 is 27.3 Å². The number of aryl methyl sites for hydroxylation is 1. The number of aromatic nitrogens is 3. The number of nitrogens with one attached hydrogen (secondary N) is 3. The van der Waals surface area contributed by atoms with Crippen molar-refractivity contribution in [3.63, 3.8) is 0 Å². The lowest BCUT2D eigenvalue weighted by molar-refractivity contribution is 0.102. The van der Waals surface area contributed by atoms with E-state index < -0.39 is 10.0 Å². The summed E-state index contributed by atoms with van der Waals surface area (Å²) in [6, 6.07) is 12.0. The topological polar surface area (TPSA) is 117 Å². The number of aromatic amines is 1. The Kier molecular flexibility index (Phi) is 4.83. The fraction of sp³-hybridized carbons (Fsp3) is 0.250. The first-order valence-corrected chi connectivity index (χ1v) is 11.1. The van der Waals surface area contributed by atoms with Crippen LogP contribution in [0.15, 0.2) is 42.5 Å². The highest BCUT2D eigenvalue weighted by Gasteiger charge is 2.27. The largest absolute Gasteiger partial charge is 0.321 e. The first kappa shape index (κ1) is 19.1. The summed E-state index contributed by atoms with van der Waals surface area (Å²) >= 11 is 0. The summed E-state index contributed by atoms with van der Waals surface area (Å²) in [5.41, 5.74) is 3.00. The summed E-state index contributed by atoms with van der Waals surface area (Å²) < 4.78 is 25.2. The van der Waals surface area contributed by atoms with Gasteiger partial charge < -0.3 is 5.32 Å². The summed E-state index contributed by atoms with van der Waals surface area (Å²) in [5, 5.41) is 10.2. The van der Waals surface area contributed by atoms with Gasteiger partial charge in [-0.25, -0.2) is 13.4 Å². The Labute approximate surface area is 168 Å². The van der Waals surface area contributed by atoms with Gasteiger partial charge in [0.2, 0.25) is 10.0 Å². The van der Waals surface area contributed by atoms with Crippen LogP contribution in [0.3, 0.4) is 0 Å². The van der Waals surface area contributed by atoms with Gasteiger partial charge in [0.25, 0.3) is 5.91 Å². The number of rotatable bonds is 6. The number of carbonyl (C=O) groups is 1. The van der Waals surface area contributed by atoms with Crippen molar-refractivity contribution in [1.82, 2.24) is 15.2 Å². The monoisotopic (exact) mass is 411 g/mol. The Hall–Kier alpha value is -3.20. The van der Waals surface area contributed by atoms with Crippen molar-refractivity contribution < 1.29 is 13.2 Å². The average molecular weight is 411 g/mol. The lowest BCUT2D eigenvalue weighted by Crippen LogP contribution is -2.14. The molecule has 1 aromatic heterocycles. The fourth-order valence-electron chi connectivity index (χ4n) is 3.02. The molecule has 8 nitrogen and oxygen atoms in total. The molecule has 0 aliphatic heterocycles. The second-order valence-corrected chi connectivity index (χ2v) is 9.03. The lowest BCUT2D eigenvalue weighted by Gasteiger charge is -2.11. The number of hydrogen-bond donors (Lipinski definition) is 3. The first-order chi connectivity index (χ1) is 13.8. The Morgan fingerprint density at radius 1 is 1.17 bits per heavy atom. The summed E-state index contributed by atoms with van der Waals surface area (Å²) in [6.45, 7) is 1.96. The number of carbonyl (C=O) groups excluding carboxylic acids is 1. The van der Waals surface area contributed by atoms with E-state index in [-0.39, 0.29) is 5.91 Å². The highest BCUT2D eigenvalue weighted by molar-refractivity contribution is 7.92. The Bertz CT molecular complexity index is 1180. The van der Waals surface area contributed by atoms with Crippen molar-refractivity contribution in [3.8, 4) is 11.4 Å². The fourth-order valence-corrected chi connectivity index (χ4v) is 3.57. The summed E-state index contributed by atoms with van der Waals surface area (Å²) in [6.07, 6.45) is 3.29. The van der Waals surface area contributed by atoms with E-state index in [2.05, 4.69) is 25.2 Å². The molecule has 0 radical (unpaired) electrons. The quantitative estimate of drug-likeness (QED) is 0.575. The van der Waals surface area contributed by atoms with Crippen LogP contribution in [0.4, 0.5) is 11.4 Å². The van der Waals surface area contributed by atoms with E-state index in [1.165, 1.54) is 6.07 Å². The Morgan fingerprint density at radius 3 is 2.69 bits per heavy atom. The van der Waals surface area contributed by atoms with Gasteiger partial charge in [0.1, 0.15) is 5.82 Å². The SMILES string of the molecule is Cc1ccc(NC(=O)c2cccc(NS(C)(=O)=O)c2)c(-c2n[nH]c(C3CC3)n2)c1. The maximum absolute atomic E-state index is 12.8. The Morgan fingerprint density at radius 2 is 1.97 bits per heavy atom. The molecule has 1 saturated carbocycles. The minimum absolute atomic E-state index is 0.326. The normalized spacial score (nSPS) is 13.9. The maximum Gasteiger partial charge on any atom is 0.255 e. The zero-order valence-electron chi connectivity index (χ0n) is 16.1. The standard InChI is InChI=1S/C20H21N5O3S/c1-12-6-9-17(16(10-12)19-22-18(23-24-19)13-7-8-13)21-20(26)14-4-3-5-15(11-14)25-29(2,27)28/h3-6,9-11,13,25H,7-8H2,1-2H3,(H,21,26)(H,22,23,24). The van der Waals surface area contributed by atoms with Gasteiger partial charge >= 0.3 is 0 Å². The van der Waals surface area contributed by atoms with Crippen molar-refractivity contribution in [3.05, 3.63) is 59.4 Å². The van der Waals surface area contributed by atoms with E-state index in [1.807, 2.05) is 25.1 Å². The third-order valence-electron chi connectivity index (χ3n) is 4.56. The summed E-state index contributed by atoms with van der Waals surface area (Å²) in [4.78, 5) is 17.4. The molecule has 1 aliphatic rings. The van der Waals surface area contributed by atoms with E-state index >= 15 is 0 Å². The molecule has 2 aromatic carbocycles. The molecule has 1 aliphatic carbocycles. The van der Waals surface area contributed by atoms with Crippen LogP contribution in [0.25, 0.3) is 11.4 Å². The second-order valence-electron chi connectivity index (χ2n) is 7.28. The lowest BCUT2D eigenvalue weighted by atomic mass is 10.1. The van der Waals surface area contributed by atoms with Gasteiger partial charge in [-0.1, -0.05) is 17.7 Å². The number of nitrogens with zero attached hydrogens (tertiary/aromatic N) is 2. The van der Waals surface area contributed by atoms with Crippen molar-refractivity contribution in [1.29, 1.82) is 0 Å². The molecular formula is C20H21N5O3S. The molecule has 1 heterocycles. The smallest absolute Gasteiger partial charge is 0.255 e. The molecule has 0 bridgehead atoms. The van der Waals surface area contributed by atoms with Gasteiger partial charge in [0.15, 0.2) is 5.82 Å². The minimum Gasteiger partial charge on any atom is -0.321 e. The van der Waals surface area contributed by atoms with Crippen molar-refractivity contribution in [2.45, 2.75) is 25.7 Å². The molecule has 3 aromatic rings. The number of benzene rings is 2. The molecule has 0 saturated heterocycles. The predicted molar refractivity (Wildman–Crippen MR) is 111 cm³/mol. The van der Waals surface area contributed by atoms with Crippen LogP contribution >= 0.6 is 0 Å². The molecule has 29 heavy (non-hydrogen) atoms. The number of H-pyrrole nitrogens is 1. The molecule has 4 rings (SSSR count). The minimum atomic E-state index is -3.43. The van der Waals surface area contributed by atoms with Crippen LogP contribution in [-0.4, -0.2) is 35.8 Å². The van der Waals surface area contributed by atoms with Crippen LogP contribution in [0, 0.1) is 6.92 Å². The predicted octanol–water partition coefficient (Wildman–Crippen LogP) is 3.28. The summed E-state index contributed by atoms with van der Waals surface area (Å²) in [5.74, 6) is 1.51. The Balaban J connectivity index is 1.61. The van der Waals surface area contributed by atoms with Crippen LogP contribution in [0.1, 0.15) is 40.5 Å². The number of hydrogen-bond acceptors (Lipinski definition) is 5. The molecule has 1 amide bonds. The zero-order valence-corrected chi connectivity index (χ0v) is 16.9. The van der Waals surface area contributed by atoms with Crippen molar-refractivity contribution in [2.24, 2.45) is 0 Å². The molecule has 150 valence electrons. The van der Waals surface area contributed by atoms with E-state index in [9.17, 15) is 13.2 Å². The molecular weight excluding hydrogens is 390 g/mol. The third-order valence-corrected chi connectivity index (χ3v) is 5.17. The first-order valence-electron chi connectivity index (χ1n) is 9.21. The van der Waals surface area contributed by atoms with E-state index in [1.54, 1.807) is 18.2 Å². The molecule has 9 heteroatoms. The molecule has 3 N–H and O–H groups in total. The van der Waals surface area contributed by atoms with Gasteiger partial charge in [-0.3, -0.25) is 14.6 Å². The van der Waals surface area contributed by atoms with Crippen LogP contribution < -0.4 is 10.0 Å². The zero-order chi connectivity index (χ0) is 20.6. The molecule has 0 atom stereocenters. The maximum atomic E-state index is 12.8. The van der Waals surface area contributed by atoms with Gasteiger partial charge in [-0.05, 0) is 50.1 Å². The molecule has 0 unspecified atom stereocenters. The third kappa shape index (κ3) is 4.62. The van der Waals surface area contributed by atoms with E-state index in [4.69, 9.17) is 0 Å². The average Bonchev–Trinajstić information content (AvgIpc) is 3.39. The van der Waals surface area contributed by atoms with E-state index in [0.29, 0.717) is 28.7 Å². The van der Waals surface area contributed by atoms with Gasteiger partial charge in [-0.15, -0.1) is 0 Å². The second kappa shape index (κ2) is 7.32. The number of sulfonamides is 1. The van der Waals surface area contributed by atoms with Gasteiger partial charge in [-0.2, -0.15) is 5.10 Å². The van der Waals surface area contributed by atoms with E-state index in [0.717, 1.165) is 36.0 Å². The number of amides is 1. The van der Waals surface area contributed by atoms with Crippen molar-refractivity contribution in [2.75, 3.05) is 16.3 Å². The van der Waals surface area contributed by atoms with Gasteiger partial charge in [0.05, 0.1) is 11.9 Å². The van der Waals surface area contributed by atoms with Crippen LogP contribution in [-0.2, 0) is 10.0 Å². The summed E-state index contributed by atoms with van der Waals surface area (Å²) in [7, 11) is -3.43. The highest BCUT2D eigenvalue weighted by Crippen LogP contribution is 2.39. The van der Waals surface area contributed by atoms with Crippen LogP contribution in [0.5, 0.6) is 0 Å². The van der Waals surface area contributed by atoms with Crippen LogP contribution in [0.2, 0.25) is 0 Å². The highest BCUT2D eigenvalue weighted by atomic mass is 32.2.